The summed E-state index contributed by atoms with van der Waals surface area (Å²) in [6, 6.07) is 0.964. The molecule has 5 heteroatoms. The molecular formula is C16H31N5. The summed E-state index contributed by atoms with van der Waals surface area (Å²) in [5.74, 6) is 2.49. The fraction of sp³-hybridized carbons (Fsp3) is 0.875. The van der Waals surface area contributed by atoms with Crippen molar-refractivity contribution in [2.45, 2.75) is 66.5 Å². The van der Waals surface area contributed by atoms with Crippen molar-refractivity contribution in [3.05, 3.63) is 5.82 Å². The molecule has 0 radical (unpaired) electrons. The summed E-state index contributed by atoms with van der Waals surface area (Å²) in [5.41, 5.74) is 0.367. The Bertz CT molecular complexity index is 438. The van der Waals surface area contributed by atoms with Crippen LogP contribution in [0.15, 0.2) is 0 Å². The van der Waals surface area contributed by atoms with E-state index in [4.69, 9.17) is 4.98 Å². The van der Waals surface area contributed by atoms with Crippen molar-refractivity contribution in [3.8, 4) is 0 Å². The van der Waals surface area contributed by atoms with Gasteiger partial charge >= 0.3 is 0 Å². The first kappa shape index (κ1) is 16.3. The molecule has 0 bridgehead atoms. The van der Waals surface area contributed by atoms with Crippen LogP contribution in [0.5, 0.6) is 0 Å². The highest BCUT2D eigenvalue weighted by Crippen LogP contribution is 2.26. The van der Waals surface area contributed by atoms with Gasteiger partial charge < -0.3 is 10.2 Å². The van der Waals surface area contributed by atoms with Gasteiger partial charge in [-0.25, -0.2) is 0 Å². The van der Waals surface area contributed by atoms with Gasteiger partial charge in [0.2, 0.25) is 5.95 Å². The van der Waals surface area contributed by atoms with Crippen molar-refractivity contribution in [2.24, 2.45) is 11.3 Å². The normalized spacial score (nSPS) is 25.1. The van der Waals surface area contributed by atoms with Crippen LogP contribution >= 0.6 is 0 Å². The van der Waals surface area contributed by atoms with Crippen LogP contribution in [0.25, 0.3) is 0 Å². The predicted molar refractivity (Wildman–Crippen MR) is 87.6 cm³/mol. The van der Waals surface area contributed by atoms with Crippen LogP contribution in [0.3, 0.4) is 0 Å². The van der Waals surface area contributed by atoms with E-state index < -0.39 is 0 Å². The molecule has 2 heterocycles. The fourth-order valence-corrected chi connectivity index (χ4v) is 3.46. The molecule has 1 fully saturated rings. The molecule has 120 valence electrons. The molecule has 1 aliphatic heterocycles. The van der Waals surface area contributed by atoms with E-state index in [0.717, 1.165) is 31.3 Å². The zero-order chi connectivity index (χ0) is 15.6. The van der Waals surface area contributed by atoms with Crippen LogP contribution in [-0.4, -0.2) is 40.4 Å². The van der Waals surface area contributed by atoms with Crippen LogP contribution in [0, 0.1) is 11.3 Å². The number of aromatic amines is 1. The Labute approximate surface area is 128 Å². The van der Waals surface area contributed by atoms with Gasteiger partial charge in [-0.15, -0.1) is 5.10 Å². The number of nitrogens with one attached hydrogen (secondary N) is 2. The average Bonchev–Trinajstić information content (AvgIpc) is 2.73. The highest BCUT2D eigenvalue weighted by atomic mass is 15.4. The van der Waals surface area contributed by atoms with Crippen LogP contribution in [-0.2, 0) is 6.42 Å². The zero-order valence-corrected chi connectivity index (χ0v) is 14.4. The predicted octanol–water partition coefficient (Wildman–Crippen LogP) is 2.61. The van der Waals surface area contributed by atoms with Crippen molar-refractivity contribution in [2.75, 3.05) is 18.0 Å². The molecule has 1 aromatic rings. The third-order valence-electron chi connectivity index (χ3n) is 3.86. The van der Waals surface area contributed by atoms with Crippen molar-refractivity contribution in [1.29, 1.82) is 0 Å². The van der Waals surface area contributed by atoms with Gasteiger partial charge in [-0.1, -0.05) is 27.7 Å². The van der Waals surface area contributed by atoms with E-state index in [1.807, 2.05) is 0 Å². The monoisotopic (exact) mass is 293 g/mol. The summed E-state index contributed by atoms with van der Waals surface area (Å²) in [7, 11) is 0. The number of piperazine rings is 1. The van der Waals surface area contributed by atoms with Crippen molar-refractivity contribution < 1.29 is 0 Å². The number of nitrogens with zero attached hydrogens (tertiary/aromatic N) is 3. The molecule has 0 spiro atoms. The number of H-pyrrole nitrogens is 1. The standard InChI is InChI=1S/C16H31N5/c1-11(8-16(4,5)6)7-14-18-15(20-19-14)21-9-12(2)17-13(3)10-21/h11-13,17H,7-10H2,1-6H3,(H,18,19,20). The minimum absolute atomic E-state index is 0.367. The van der Waals surface area contributed by atoms with E-state index in [9.17, 15) is 0 Å². The maximum atomic E-state index is 4.70. The third kappa shape index (κ3) is 4.99. The fourth-order valence-electron chi connectivity index (χ4n) is 3.46. The smallest absolute Gasteiger partial charge is 0.244 e. The van der Waals surface area contributed by atoms with Crippen LogP contribution < -0.4 is 10.2 Å². The second kappa shape index (κ2) is 6.34. The summed E-state index contributed by atoms with van der Waals surface area (Å²) in [6.07, 6.45) is 2.17. The highest BCUT2D eigenvalue weighted by Gasteiger charge is 2.24. The van der Waals surface area contributed by atoms with E-state index in [-0.39, 0.29) is 0 Å². The Morgan fingerprint density at radius 3 is 2.43 bits per heavy atom. The molecule has 5 nitrogen and oxygen atoms in total. The van der Waals surface area contributed by atoms with Gasteiger partial charge in [-0.05, 0) is 31.6 Å². The molecule has 21 heavy (non-hydrogen) atoms. The van der Waals surface area contributed by atoms with Crippen molar-refractivity contribution in [3.63, 3.8) is 0 Å². The minimum Gasteiger partial charge on any atom is -0.336 e. The Morgan fingerprint density at radius 1 is 1.24 bits per heavy atom. The number of aromatic nitrogens is 3. The Morgan fingerprint density at radius 2 is 1.86 bits per heavy atom. The Hall–Kier alpha value is -1.10. The van der Waals surface area contributed by atoms with Crippen LogP contribution in [0.1, 0.15) is 53.8 Å². The lowest BCUT2D eigenvalue weighted by molar-refractivity contribution is 0.304. The van der Waals surface area contributed by atoms with E-state index in [1.165, 1.54) is 6.42 Å². The first-order valence-corrected chi connectivity index (χ1v) is 8.15. The second-order valence-corrected chi connectivity index (χ2v) is 8.03. The summed E-state index contributed by atoms with van der Waals surface area (Å²) < 4.78 is 0. The summed E-state index contributed by atoms with van der Waals surface area (Å²) >= 11 is 0. The lowest BCUT2D eigenvalue weighted by Gasteiger charge is -2.35. The Balaban J connectivity index is 1.95. The zero-order valence-electron chi connectivity index (χ0n) is 14.4. The van der Waals surface area contributed by atoms with E-state index in [0.29, 0.717) is 23.4 Å². The van der Waals surface area contributed by atoms with Crippen LogP contribution in [0.4, 0.5) is 5.95 Å². The number of hydrogen-bond donors (Lipinski definition) is 2. The molecule has 2 rings (SSSR count). The van der Waals surface area contributed by atoms with Gasteiger partial charge in [-0.2, -0.15) is 4.98 Å². The Kier molecular flexibility index (Phi) is 4.91. The topological polar surface area (TPSA) is 56.8 Å². The quantitative estimate of drug-likeness (QED) is 0.896. The van der Waals surface area contributed by atoms with Gasteiger partial charge in [-0.3, -0.25) is 5.10 Å². The largest absolute Gasteiger partial charge is 0.336 e. The van der Waals surface area contributed by atoms with Gasteiger partial charge in [0.15, 0.2) is 0 Å². The average molecular weight is 293 g/mol. The van der Waals surface area contributed by atoms with Crippen LogP contribution in [0.2, 0.25) is 0 Å². The molecule has 0 amide bonds. The maximum absolute atomic E-state index is 4.70. The summed E-state index contributed by atoms with van der Waals surface area (Å²) in [4.78, 5) is 6.98. The van der Waals surface area contributed by atoms with Crippen molar-refractivity contribution >= 4 is 5.95 Å². The molecule has 3 unspecified atom stereocenters. The summed E-state index contributed by atoms with van der Waals surface area (Å²) in [6.45, 7) is 15.5. The van der Waals surface area contributed by atoms with Gasteiger partial charge in [0.05, 0.1) is 0 Å². The molecule has 1 aliphatic rings. The minimum atomic E-state index is 0.367. The van der Waals surface area contributed by atoms with E-state index in [2.05, 4.69) is 62.0 Å². The van der Waals surface area contributed by atoms with Gasteiger partial charge in [0.1, 0.15) is 5.82 Å². The van der Waals surface area contributed by atoms with Gasteiger partial charge in [0, 0.05) is 31.6 Å². The lowest BCUT2D eigenvalue weighted by atomic mass is 9.84. The third-order valence-corrected chi connectivity index (χ3v) is 3.86. The molecule has 0 aromatic carbocycles. The number of rotatable bonds is 4. The SMILES string of the molecule is CC(Cc1nc(N2CC(C)NC(C)C2)n[nH]1)CC(C)(C)C. The molecule has 0 saturated carbocycles. The molecule has 1 aromatic heterocycles. The van der Waals surface area contributed by atoms with E-state index in [1.54, 1.807) is 0 Å². The first-order valence-electron chi connectivity index (χ1n) is 8.15. The molecular weight excluding hydrogens is 262 g/mol. The molecule has 2 N–H and O–H groups in total. The number of hydrogen-bond acceptors (Lipinski definition) is 4. The molecule has 1 saturated heterocycles. The molecule has 0 aliphatic carbocycles. The number of anilines is 1. The summed E-state index contributed by atoms with van der Waals surface area (Å²) in [5, 5.41) is 11.1. The highest BCUT2D eigenvalue weighted by molar-refractivity contribution is 5.30. The lowest BCUT2D eigenvalue weighted by Crippen LogP contribution is -2.54. The van der Waals surface area contributed by atoms with Crippen molar-refractivity contribution in [1.82, 2.24) is 20.5 Å². The second-order valence-electron chi connectivity index (χ2n) is 8.03. The van der Waals surface area contributed by atoms with E-state index >= 15 is 0 Å². The van der Waals surface area contributed by atoms with Gasteiger partial charge in [0.25, 0.3) is 0 Å². The maximum Gasteiger partial charge on any atom is 0.244 e. The molecule has 3 atom stereocenters. The first-order chi connectivity index (χ1) is 9.73.